The minimum atomic E-state index is 0.153. The zero-order valence-corrected chi connectivity index (χ0v) is 37.6. The van der Waals surface area contributed by atoms with E-state index in [1.165, 1.54) is 100 Å². The maximum absolute atomic E-state index is 5.40. The van der Waals surface area contributed by atoms with E-state index in [1.807, 2.05) is 12.4 Å². The predicted molar refractivity (Wildman–Crippen MR) is 252 cm³/mol. The van der Waals surface area contributed by atoms with Gasteiger partial charge in [-0.25, -0.2) is 0 Å². The van der Waals surface area contributed by atoms with E-state index in [0.29, 0.717) is 0 Å². The van der Waals surface area contributed by atoms with Gasteiger partial charge in [0.05, 0.1) is 11.4 Å². The molecule has 0 N–H and O–H groups in total. The molecule has 0 radical (unpaired) electrons. The van der Waals surface area contributed by atoms with Gasteiger partial charge in [-0.3, -0.25) is 9.98 Å². The van der Waals surface area contributed by atoms with Crippen LogP contribution in [0.3, 0.4) is 0 Å². The molecule has 6 aromatic carbocycles. The molecule has 0 saturated carbocycles. The molecule has 4 atom stereocenters. The van der Waals surface area contributed by atoms with Gasteiger partial charge in [-0.2, -0.15) is 0 Å². The van der Waals surface area contributed by atoms with Crippen molar-refractivity contribution in [1.29, 1.82) is 0 Å². The maximum Gasteiger partial charge on any atom is 0.0706 e. The van der Waals surface area contributed by atoms with Gasteiger partial charge in [0.15, 0.2) is 0 Å². The van der Waals surface area contributed by atoms with Crippen LogP contribution in [0.2, 0.25) is 0 Å². The largest absolute Gasteiger partial charge is 0.255 e. The molecule has 0 saturated heterocycles. The Bertz CT molecular complexity index is 2110. The smallest absolute Gasteiger partial charge is 0.0706 e. The van der Waals surface area contributed by atoms with Crippen molar-refractivity contribution < 1.29 is 0 Å². The molecule has 2 nitrogen and oxygen atoms in total. The molecular weight excluding hydrogens is 701 g/mol. The average molecular weight is 765 g/mol. The number of aryl methyl sites for hydroxylation is 10. The second-order valence-electron chi connectivity index (χ2n) is 17.7. The lowest BCUT2D eigenvalue weighted by atomic mass is 9.83. The molecular formula is C56H64N2. The first-order chi connectivity index (χ1) is 27.5. The van der Waals surface area contributed by atoms with Crippen molar-refractivity contribution in [3.63, 3.8) is 0 Å². The van der Waals surface area contributed by atoms with Crippen LogP contribution in [0.5, 0.6) is 0 Å². The van der Waals surface area contributed by atoms with Gasteiger partial charge in [0.2, 0.25) is 0 Å². The van der Waals surface area contributed by atoms with E-state index in [4.69, 9.17) is 9.98 Å². The molecule has 58 heavy (non-hydrogen) atoms. The molecule has 0 aliphatic heterocycles. The maximum atomic E-state index is 5.40. The van der Waals surface area contributed by atoms with E-state index in [1.54, 1.807) is 0 Å². The van der Waals surface area contributed by atoms with Crippen LogP contribution in [0.4, 0.5) is 11.4 Å². The van der Waals surface area contributed by atoms with Crippen LogP contribution >= 0.6 is 0 Å². The topological polar surface area (TPSA) is 24.7 Å². The number of aliphatic imine (C=N–C) groups is 2. The Morgan fingerprint density at radius 3 is 0.638 bits per heavy atom. The van der Waals surface area contributed by atoms with Gasteiger partial charge in [0.1, 0.15) is 0 Å². The van der Waals surface area contributed by atoms with Gasteiger partial charge < -0.3 is 0 Å². The van der Waals surface area contributed by atoms with Crippen LogP contribution in [0.25, 0.3) is 0 Å². The third-order valence-electron chi connectivity index (χ3n) is 11.9. The van der Waals surface area contributed by atoms with Crippen LogP contribution in [-0.4, -0.2) is 12.4 Å². The molecule has 0 amide bonds. The van der Waals surface area contributed by atoms with Crippen molar-refractivity contribution >= 4 is 23.8 Å². The van der Waals surface area contributed by atoms with Gasteiger partial charge in [0.25, 0.3) is 0 Å². The number of benzene rings is 6. The van der Waals surface area contributed by atoms with Crippen molar-refractivity contribution in [3.05, 3.63) is 197 Å². The zero-order valence-electron chi connectivity index (χ0n) is 37.6. The summed E-state index contributed by atoms with van der Waals surface area (Å²) in [6.45, 7) is 31.3. The zero-order chi connectivity index (χ0) is 42.0. The second kappa shape index (κ2) is 17.7. The molecule has 0 aromatic heterocycles. The van der Waals surface area contributed by atoms with E-state index >= 15 is 0 Å². The summed E-state index contributed by atoms with van der Waals surface area (Å²) < 4.78 is 0. The minimum Gasteiger partial charge on any atom is -0.255 e. The number of nitrogens with zero attached hydrogens (tertiary/aromatic N) is 2. The summed E-state index contributed by atoms with van der Waals surface area (Å²) in [6, 6.07) is 37.0. The highest BCUT2D eigenvalue weighted by atomic mass is 14.8. The van der Waals surface area contributed by atoms with E-state index in [2.05, 4.69) is 194 Å². The lowest BCUT2D eigenvalue weighted by Crippen LogP contribution is -2.05. The standard InChI is InChI=1S/C56H64N2/c1-33-17-34(2)22-47(21-33)43(11)51-29-41(9)30-52(44(12)48-23-35(3)18-36(4)24-48)55(51)57-15-16-58-56-53(45(13)49-25-37(5)19-38(6)26-49)31-42(10)32-54(56)46(14)50-27-39(7)20-40(8)28-50/h15-32,43-46H,1-14H3/t43-,44-,45-,46-/m1/s1. The van der Waals surface area contributed by atoms with Crippen LogP contribution in [0.15, 0.2) is 107 Å². The molecule has 0 bridgehead atoms. The average Bonchev–Trinajstić information content (AvgIpc) is 3.14. The number of rotatable bonds is 11. The first-order valence-electron chi connectivity index (χ1n) is 21.2. The fourth-order valence-electron chi connectivity index (χ4n) is 9.26. The van der Waals surface area contributed by atoms with Crippen LogP contribution in [-0.2, 0) is 0 Å². The van der Waals surface area contributed by atoms with E-state index in [0.717, 1.165) is 11.4 Å². The molecule has 0 unspecified atom stereocenters. The summed E-state index contributed by atoms with van der Waals surface area (Å²) in [6.07, 6.45) is 3.88. The van der Waals surface area contributed by atoms with Gasteiger partial charge in [-0.1, -0.05) is 180 Å². The van der Waals surface area contributed by atoms with E-state index < -0.39 is 0 Å². The summed E-state index contributed by atoms with van der Waals surface area (Å²) in [7, 11) is 0. The van der Waals surface area contributed by atoms with Gasteiger partial charge in [0, 0.05) is 36.1 Å². The van der Waals surface area contributed by atoms with Gasteiger partial charge >= 0.3 is 0 Å². The molecule has 0 aliphatic rings. The van der Waals surface area contributed by atoms with Crippen molar-refractivity contribution in [2.45, 2.75) is 121 Å². The van der Waals surface area contributed by atoms with Crippen molar-refractivity contribution in [3.8, 4) is 0 Å². The summed E-state index contributed by atoms with van der Waals surface area (Å²) in [5.74, 6) is 0.612. The molecule has 0 spiro atoms. The highest BCUT2D eigenvalue weighted by molar-refractivity contribution is 6.17. The molecule has 2 heteroatoms. The van der Waals surface area contributed by atoms with Crippen LogP contribution in [0.1, 0.15) is 152 Å². The highest BCUT2D eigenvalue weighted by Crippen LogP contribution is 2.43. The quantitative estimate of drug-likeness (QED) is 0.117. The van der Waals surface area contributed by atoms with E-state index in [9.17, 15) is 0 Å². The third kappa shape index (κ3) is 9.67. The molecule has 6 aromatic rings. The minimum absolute atomic E-state index is 0.153. The number of hydrogen-bond donors (Lipinski definition) is 0. The van der Waals surface area contributed by atoms with Crippen molar-refractivity contribution in [2.24, 2.45) is 9.98 Å². The molecule has 0 aliphatic carbocycles. The Hall–Kier alpha value is -5.34. The monoisotopic (exact) mass is 765 g/mol. The molecule has 6 rings (SSSR count). The fraction of sp³-hybridized carbons (Fsp3) is 0.321. The fourth-order valence-corrected chi connectivity index (χ4v) is 9.26. The Morgan fingerprint density at radius 1 is 0.276 bits per heavy atom. The Morgan fingerprint density at radius 2 is 0.448 bits per heavy atom. The highest BCUT2D eigenvalue weighted by Gasteiger charge is 2.23. The summed E-state index contributed by atoms with van der Waals surface area (Å²) in [5.41, 5.74) is 25.0. The first-order valence-corrected chi connectivity index (χ1v) is 21.2. The number of hydrogen-bond acceptors (Lipinski definition) is 2. The Kier molecular flexibility index (Phi) is 12.9. The molecule has 0 heterocycles. The third-order valence-corrected chi connectivity index (χ3v) is 11.9. The molecule has 298 valence electrons. The van der Waals surface area contributed by atoms with Crippen LogP contribution in [0, 0.1) is 69.2 Å². The SMILES string of the molecule is Cc1cc(C)cc([C@@H](C)c2cc(C)cc([C@H](C)c3cc(C)cc(C)c3)c2N=CC=Nc2c([C@H](C)c3cc(C)cc(C)c3)cc(C)cc2[C@H](C)c2cc(C)cc(C)c2)c1. The Balaban J connectivity index is 1.53. The van der Waals surface area contributed by atoms with Gasteiger partial charge in [-0.05, 0) is 114 Å². The van der Waals surface area contributed by atoms with Crippen molar-refractivity contribution in [2.75, 3.05) is 0 Å². The summed E-state index contributed by atoms with van der Waals surface area (Å²) >= 11 is 0. The lowest BCUT2D eigenvalue weighted by Gasteiger charge is -2.23. The Labute approximate surface area is 350 Å². The molecule has 0 fully saturated rings. The first kappa shape index (κ1) is 42.3. The summed E-state index contributed by atoms with van der Waals surface area (Å²) in [4.78, 5) is 10.8. The van der Waals surface area contributed by atoms with E-state index in [-0.39, 0.29) is 23.7 Å². The normalized spacial score (nSPS) is 14.0. The second-order valence-corrected chi connectivity index (χ2v) is 17.7. The van der Waals surface area contributed by atoms with Crippen LogP contribution < -0.4 is 0 Å². The van der Waals surface area contributed by atoms with Crippen molar-refractivity contribution in [1.82, 2.24) is 0 Å². The predicted octanol–water partition coefficient (Wildman–Crippen LogP) is 15.5. The lowest BCUT2D eigenvalue weighted by molar-refractivity contribution is 0.879. The van der Waals surface area contributed by atoms with Gasteiger partial charge in [-0.15, -0.1) is 0 Å². The summed E-state index contributed by atoms with van der Waals surface area (Å²) in [5, 5.41) is 0.